The summed E-state index contributed by atoms with van der Waals surface area (Å²) in [6, 6.07) is 14.0. The predicted octanol–water partition coefficient (Wildman–Crippen LogP) is 3.08. The van der Waals surface area contributed by atoms with Crippen LogP contribution in [0, 0.1) is 0 Å². The molecule has 0 aliphatic carbocycles. The van der Waals surface area contributed by atoms with Crippen molar-refractivity contribution in [2.24, 2.45) is 0 Å². The zero-order valence-electron chi connectivity index (χ0n) is 16.0. The van der Waals surface area contributed by atoms with E-state index in [4.69, 9.17) is 4.74 Å². The summed E-state index contributed by atoms with van der Waals surface area (Å²) in [5, 5.41) is 9.30. The first-order valence-electron chi connectivity index (χ1n) is 9.01. The third-order valence-corrected chi connectivity index (χ3v) is 5.01. The van der Waals surface area contributed by atoms with Gasteiger partial charge in [-0.05, 0) is 42.5 Å². The first kappa shape index (κ1) is 19.5. The van der Waals surface area contributed by atoms with Crippen LogP contribution in [0.1, 0.15) is 0 Å². The van der Waals surface area contributed by atoms with E-state index in [0.717, 1.165) is 27.3 Å². The molecule has 3 heterocycles. The molecule has 0 aliphatic heterocycles. The lowest BCUT2D eigenvalue weighted by Gasteiger charge is -2.07. The van der Waals surface area contributed by atoms with Crippen molar-refractivity contribution in [2.45, 2.75) is 6.54 Å². The normalized spacial score (nSPS) is 10.6. The van der Waals surface area contributed by atoms with Gasteiger partial charge >= 0.3 is 0 Å². The van der Waals surface area contributed by atoms with Crippen LogP contribution in [0.2, 0.25) is 0 Å². The van der Waals surface area contributed by atoms with Crippen molar-refractivity contribution in [3.63, 3.8) is 0 Å². The van der Waals surface area contributed by atoms with Gasteiger partial charge in [-0.1, -0.05) is 0 Å². The van der Waals surface area contributed by atoms with Crippen LogP contribution in [-0.2, 0) is 11.3 Å². The minimum atomic E-state index is -0.386. The molecule has 1 aromatic carbocycles. The fourth-order valence-corrected chi connectivity index (χ4v) is 3.49. The minimum absolute atomic E-state index is 0.218. The van der Waals surface area contributed by atoms with E-state index in [-0.39, 0.29) is 18.0 Å². The Morgan fingerprint density at radius 2 is 1.93 bits per heavy atom. The summed E-state index contributed by atoms with van der Waals surface area (Å²) in [6.07, 6.45) is 3.39. The predicted molar refractivity (Wildman–Crippen MR) is 114 cm³/mol. The number of benzene rings is 1. The van der Waals surface area contributed by atoms with Crippen molar-refractivity contribution in [3.8, 4) is 28.3 Å². The minimum Gasteiger partial charge on any atom is -0.497 e. The first-order valence-corrected chi connectivity index (χ1v) is 9.89. The average Bonchev–Trinajstić information content (AvgIpc) is 3.24. The molecule has 1 N–H and O–H groups in total. The number of anilines is 1. The van der Waals surface area contributed by atoms with Crippen LogP contribution in [0.25, 0.3) is 22.5 Å². The van der Waals surface area contributed by atoms with Crippen LogP contribution in [0.3, 0.4) is 0 Å². The highest BCUT2D eigenvalue weighted by atomic mass is 32.1. The van der Waals surface area contributed by atoms with Gasteiger partial charge in [-0.3, -0.25) is 14.6 Å². The first-order chi connectivity index (χ1) is 14.6. The van der Waals surface area contributed by atoms with E-state index < -0.39 is 0 Å². The van der Waals surface area contributed by atoms with Crippen LogP contribution in [0.15, 0.2) is 71.1 Å². The quantitative estimate of drug-likeness (QED) is 0.516. The second kappa shape index (κ2) is 8.66. The Morgan fingerprint density at radius 1 is 1.10 bits per heavy atom. The van der Waals surface area contributed by atoms with Crippen molar-refractivity contribution in [1.82, 2.24) is 19.7 Å². The Balaban J connectivity index is 1.48. The standard InChI is InChI=1S/C21H17N5O3S/c1-29-16-6-4-14(5-7-16)17-8-9-20(28)26(25-17)12-19(27)24-21-23-18(13-30-21)15-3-2-10-22-11-15/h2-11,13H,12H2,1H3,(H,23,24,27). The number of nitrogens with one attached hydrogen (secondary N) is 1. The lowest BCUT2D eigenvalue weighted by molar-refractivity contribution is -0.117. The molecule has 9 heteroatoms. The van der Waals surface area contributed by atoms with E-state index in [1.54, 1.807) is 25.6 Å². The number of aromatic nitrogens is 4. The molecule has 0 saturated carbocycles. The fourth-order valence-electron chi connectivity index (χ4n) is 2.75. The van der Waals surface area contributed by atoms with Crippen molar-refractivity contribution >= 4 is 22.4 Å². The second-order valence-corrected chi connectivity index (χ2v) is 7.13. The summed E-state index contributed by atoms with van der Waals surface area (Å²) >= 11 is 1.30. The molecule has 0 radical (unpaired) electrons. The van der Waals surface area contributed by atoms with E-state index in [9.17, 15) is 9.59 Å². The summed E-state index contributed by atoms with van der Waals surface area (Å²) in [6.45, 7) is -0.218. The van der Waals surface area contributed by atoms with Gasteiger partial charge in [0.15, 0.2) is 5.13 Å². The molecule has 4 aromatic rings. The maximum absolute atomic E-state index is 12.4. The second-order valence-electron chi connectivity index (χ2n) is 6.27. The highest BCUT2D eigenvalue weighted by Gasteiger charge is 2.11. The molecule has 4 rings (SSSR count). The summed E-state index contributed by atoms with van der Waals surface area (Å²) in [5.74, 6) is 0.337. The number of hydrogen-bond donors (Lipinski definition) is 1. The summed E-state index contributed by atoms with van der Waals surface area (Å²) < 4.78 is 6.28. The lowest BCUT2D eigenvalue weighted by atomic mass is 10.1. The van der Waals surface area contributed by atoms with Crippen LogP contribution in [-0.4, -0.2) is 32.8 Å². The Labute approximate surface area is 175 Å². The number of nitrogens with zero attached hydrogens (tertiary/aromatic N) is 4. The van der Waals surface area contributed by atoms with Crippen molar-refractivity contribution in [1.29, 1.82) is 0 Å². The van der Waals surface area contributed by atoms with Crippen LogP contribution in [0.4, 0.5) is 5.13 Å². The number of methoxy groups -OCH3 is 1. The van der Waals surface area contributed by atoms with Crippen molar-refractivity contribution in [2.75, 3.05) is 12.4 Å². The topological polar surface area (TPSA) is 99.0 Å². The van der Waals surface area contributed by atoms with Gasteiger partial charge in [0.25, 0.3) is 5.56 Å². The van der Waals surface area contributed by atoms with Crippen molar-refractivity contribution in [3.05, 3.63) is 76.7 Å². The molecule has 0 unspecified atom stereocenters. The van der Waals surface area contributed by atoms with Crippen LogP contribution < -0.4 is 15.6 Å². The number of ether oxygens (including phenoxy) is 1. The molecular weight excluding hydrogens is 402 g/mol. The van der Waals surface area contributed by atoms with Gasteiger partial charge in [-0.2, -0.15) is 5.10 Å². The molecule has 150 valence electrons. The van der Waals surface area contributed by atoms with E-state index in [2.05, 4.69) is 20.4 Å². The van der Waals surface area contributed by atoms with E-state index >= 15 is 0 Å². The smallest absolute Gasteiger partial charge is 0.267 e. The molecule has 8 nitrogen and oxygen atoms in total. The number of hydrogen-bond acceptors (Lipinski definition) is 7. The van der Waals surface area contributed by atoms with Gasteiger partial charge in [0.1, 0.15) is 12.3 Å². The monoisotopic (exact) mass is 419 g/mol. The molecule has 0 aliphatic rings. The third kappa shape index (κ3) is 4.41. The number of amides is 1. The zero-order chi connectivity index (χ0) is 20.9. The molecule has 0 saturated heterocycles. The number of carbonyl (C=O) groups is 1. The maximum Gasteiger partial charge on any atom is 0.267 e. The Hall–Kier alpha value is -3.85. The Kier molecular flexibility index (Phi) is 5.62. The molecule has 30 heavy (non-hydrogen) atoms. The van der Waals surface area contributed by atoms with Gasteiger partial charge in [-0.25, -0.2) is 9.67 Å². The SMILES string of the molecule is COc1ccc(-c2ccc(=O)n(CC(=O)Nc3nc(-c4cccnc4)cs3)n2)cc1. The average molecular weight is 419 g/mol. The highest BCUT2D eigenvalue weighted by Crippen LogP contribution is 2.24. The van der Waals surface area contributed by atoms with Gasteiger partial charge in [0.2, 0.25) is 5.91 Å². The van der Waals surface area contributed by atoms with Gasteiger partial charge in [0.05, 0.1) is 18.5 Å². The molecule has 0 atom stereocenters. The molecule has 0 fully saturated rings. The van der Waals surface area contributed by atoms with E-state index in [1.807, 2.05) is 41.8 Å². The van der Waals surface area contributed by atoms with Crippen LogP contribution >= 0.6 is 11.3 Å². The summed E-state index contributed by atoms with van der Waals surface area (Å²) in [5.41, 5.74) is 2.61. The Morgan fingerprint density at radius 3 is 2.67 bits per heavy atom. The Bertz CT molecular complexity index is 1220. The molecule has 0 spiro atoms. The molecule has 3 aromatic heterocycles. The third-order valence-electron chi connectivity index (χ3n) is 4.25. The molecule has 1 amide bonds. The summed E-state index contributed by atoms with van der Waals surface area (Å²) in [7, 11) is 1.59. The van der Waals surface area contributed by atoms with E-state index in [0.29, 0.717) is 10.8 Å². The van der Waals surface area contributed by atoms with Crippen molar-refractivity contribution < 1.29 is 9.53 Å². The van der Waals surface area contributed by atoms with Gasteiger partial charge < -0.3 is 10.1 Å². The number of rotatable bonds is 6. The largest absolute Gasteiger partial charge is 0.497 e. The number of thiazole rings is 1. The summed E-state index contributed by atoms with van der Waals surface area (Å²) in [4.78, 5) is 33.1. The number of pyridine rings is 1. The lowest BCUT2D eigenvalue weighted by Crippen LogP contribution is -2.29. The van der Waals surface area contributed by atoms with Crippen LogP contribution in [0.5, 0.6) is 5.75 Å². The zero-order valence-corrected chi connectivity index (χ0v) is 16.8. The van der Waals surface area contributed by atoms with E-state index in [1.165, 1.54) is 17.4 Å². The highest BCUT2D eigenvalue weighted by molar-refractivity contribution is 7.14. The van der Waals surface area contributed by atoms with Gasteiger partial charge in [-0.15, -0.1) is 11.3 Å². The number of carbonyl (C=O) groups excluding carboxylic acids is 1. The van der Waals surface area contributed by atoms with Gasteiger partial charge in [0, 0.05) is 35.0 Å². The molecular formula is C21H17N5O3S. The fraction of sp³-hybridized carbons (Fsp3) is 0.0952. The molecule has 0 bridgehead atoms. The maximum atomic E-state index is 12.4.